The Balaban J connectivity index is 2.00. The highest BCUT2D eigenvalue weighted by atomic mass is 79.9. The lowest BCUT2D eigenvalue weighted by molar-refractivity contribution is -0.119. The molecule has 0 heterocycles. The van der Waals surface area contributed by atoms with Crippen LogP contribution in [0.2, 0.25) is 5.02 Å². The monoisotopic (exact) mass is 382 g/mol. The summed E-state index contributed by atoms with van der Waals surface area (Å²) in [6, 6.07) is 13.3. The van der Waals surface area contributed by atoms with Crippen LogP contribution in [0.4, 0.5) is 0 Å². The summed E-state index contributed by atoms with van der Waals surface area (Å²) in [4.78, 5) is 10.8. The first-order valence-electron chi connectivity index (χ1n) is 6.70. The predicted molar refractivity (Wildman–Crippen MR) is 90.8 cm³/mol. The fourth-order valence-electron chi connectivity index (χ4n) is 1.95. The summed E-state index contributed by atoms with van der Waals surface area (Å²) < 4.78 is 6.36. The van der Waals surface area contributed by atoms with Crippen molar-refractivity contribution < 1.29 is 9.53 Å². The van der Waals surface area contributed by atoms with Gasteiger partial charge in [0.25, 0.3) is 5.91 Å². The zero-order chi connectivity index (χ0) is 15.9. The summed E-state index contributed by atoms with van der Waals surface area (Å²) in [6.45, 7) is 1.08. The van der Waals surface area contributed by atoms with Crippen LogP contribution in [0.25, 0.3) is 0 Å². The predicted octanol–water partition coefficient (Wildman–Crippen LogP) is 3.26. The minimum Gasteiger partial charge on any atom is -0.483 e. The molecule has 22 heavy (non-hydrogen) atoms. The second kappa shape index (κ2) is 8.17. The molecule has 4 nitrogen and oxygen atoms in total. The molecule has 0 radical (unpaired) electrons. The number of rotatable bonds is 7. The largest absolute Gasteiger partial charge is 0.483 e. The molecule has 0 aliphatic heterocycles. The highest BCUT2D eigenvalue weighted by Crippen LogP contribution is 2.23. The van der Waals surface area contributed by atoms with E-state index in [2.05, 4.69) is 21.2 Å². The van der Waals surface area contributed by atoms with Crippen molar-refractivity contribution in [2.45, 2.75) is 13.1 Å². The molecule has 2 aromatic rings. The highest BCUT2D eigenvalue weighted by Gasteiger charge is 2.07. The number of nitrogens with one attached hydrogen (secondary N) is 1. The first-order chi connectivity index (χ1) is 10.6. The van der Waals surface area contributed by atoms with E-state index in [4.69, 9.17) is 22.1 Å². The molecule has 0 aliphatic carbocycles. The van der Waals surface area contributed by atoms with Gasteiger partial charge in [0.2, 0.25) is 0 Å². The van der Waals surface area contributed by atoms with E-state index in [1.807, 2.05) is 36.4 Å². The second-order valence-electron chi connectivity index (χ2n) is 4.70. The van der Waals surface area contributed by atoms with Crippen LogP contribution in [-0.4, -0.2) is 12.5 Å². The molecule has 0 aromatic heterocycles. The first kappa shape index (κ1) is 16.8. The van der Waals surface area contributed by atoms with Crippen LogP contribution in [-0.2, 0) is 17.9 Å². The lowest BCUT2D eigenvalue weighted by atomic mass is 10.2. The van der Waals surface area contributed by atoms with E-state index in [1.165, 1.54) is 0 Å². The summed E-state index contributed by atoms with van der Waals surface area (Å²) in [5, 5.41) is 4.04. The zero-order valence-corrected chi connectivity index (χ0v) is 14.2. The Morgan fingerprint density at radius 3 is 2.64 bits per heavy atom. The number of halogens is 2. The molecule has 116 valence electrons. The molecule has 0 bridgehead atoms. The average Bonchev–Trinajstić information content (AvgIpc) is 2.48. The van der Waals surface area contributed by atoms with Crippen molar-refractivity contribution in [1.82, 2.24) is 5.32 Å². The number of benzene rings is 2. The van der Waals surface area contributed by atoms with Gasteiger partial charge >= 0.3 is 0 Å². The quantitative estimate of drug-likeness (QED) is 0.771. The van der Waals surface area contributed by atoms with Gasteiger partial charge in [-0.25, -0.2) is 0 Å². The van der Waals surface area contributed by atoms with Gasteiger partial charge in [-0.1, -0.05) is 45.7 Å². The Morgan fingerprint density at radius 2 is 1.91 bits per heavy atom. The molecule has 0 atom stereocenters. The van der Waals surface area contributed by atoms with Crippen molar-refractivity contribution in [3.63, 3.8) is 0 Å². The van der Waals surface area contributed by atoms with E-state index in [0.717, 1.165) is 20.6 Å². The number of hydrogen-bond acceptors (Lipinski definition) is 3. The Hall–Kier alpha value is -1.56. The van der Waals surface area contributed by atoms with E-state index < -0.39 is 5.91 Å². The standard InChI is InChI=1S/C16H16BrClN2O2/c17-13-5-6-15(22-10-16(19)21)12(7-13)9-20-8-11-3-1-2-4-14(11)18/h1-7,20H,8-10H2,(H2,19,21). The minimum absolute atomic E-state index is 0.140. The molecule has 0 spiro atoms. The number of primary amides is 1. The minimum atomic E-state index is -0.502. The van der Waals surface area contributed by atoms with Gasteiger partial charge in [-0.2, -0.15) is 0 Å². The van der Waals surface area contributed by atoms with Crippen LogP contribution in [0.3, 0.4) is 0 Å². The van der Waals surface area contributed by atoms with E-state index in [1.54, 1.807) is 6.07 Å². The van der Waals surface area contributed by atoms with Crippen molar-refractivity contribution >= 4 is 33.4 Å². The maximum atomic E-state index is 10.8. The van der Waals surface area contributed by atoms with Gasteiger partial charge in [0.15, 0.2) is 6.61 Å². The second-order valence-corrected chi connectivity index (χ2v) is 6.02. The Kier molecular flexibility index (Phi) is 6.24. The van der Waals surface area contributed by atoms with Crippen LogP contribution >= 0.6 is 27.5 Å². The fourth-order valence-corrected chi connectivity index (χ4v) is 2.56. The number of nitrogens with two attached hydrogens (primary N) is 1. The third-order valence-electron chi connectivity index (χ3n) is 2.98. The molecular formula is C16H16BrClN2O2. The maximum absolute atomic E-state index is 10.8. The Bertz CT molecular complexity index is 664. The molecule has 0 saturated carbocycles. The number of carbonyl (C=O) groups is 1. The number of carbonyl (C=O) groups excluding carboxylic acids is 1. The van der Waals surface area contributed by atoms with Crippen molar-refractivity contribution in [2.24, 2.45) is 5.73 Å². The molecule has 1 amide bonds. The summed E-state index contributed by atoms with van der Waals surface area (Å²) >= 11 is 9.55. The molecule has 6 heteroatoms. The fraction of sp³-hybridized carbons (Fsp3) is 0.188. The summed E-state index contributed by atoms with van der Waals surface area (Å²) in [6.07, 6.45) is 0. The highest BCUT2D eigenvalue weighted by molar-refractivity contribution is 9.10. The third-order valence-corrected chi connectivity index (χ3v) is 3.84. The molecule has 0 fully saturated rings. The van der Waals surface area contributed by atoms with Crippen LogP contribution in [0, 0.1) is 0 Å². The van der Waals surface area contributed by atoms with Crippen LogP contribution in [0.15, 0.2) is 46.9 Å². The van der Waals surface area contributed by atoms with Crippen molar-refractivity contribution in [3.05, 3.63) is 63.1 Å². The molecule has 2 aromatic carbocycles. The Labute approximate surface area is 142 Å². The maximum Gasteiger partial charge on any atom is 0.255 e. The SMILES string of the molecule is NC(=O)COc1ccc(Br)cc1CNCc1ccccc1Cl. The molecule has 3 N–H and O–H groups in total. The van der Waals surface area contributed by atoms with Gasteiger partial charge in [0.05, 0.1) is 0 Å². The van der Waals surface area contributed by atoms with E-state index in [0.29, 0.717) is 18.8 Å². The van der Waals surface area contributed by atoms with E-state index >= 15 is 0 Å². The smallest absolute Gasteiger partial charge is 0.255 e. The van der Waals surface area contributed by atoms with E-state index in [-0.39, 0.29) is 6.61 Å². The number of ether oxygens (including phenoxy) is 1. The van der Waals surface area contributed by atoms with Crippen molar-refractivity contribution in [3.8, 4) is 5.75 Å². The van der Waals surface area contributed by atoms with Crippen molar-refractivity contribution in [2.75, 3.05) is 6.61 Å². The molecule has 0 saturated heterocycles. The van der Waals surface area contributed by atoms with Gasteiger partial charge in [-0.15, -0.1) is 0 Å². The van der Waals surface area contributed by atoms with Gasteiger partial charge in [0.1, 0.15) is 5.75 Å². The average molecular weight is 384 g/mol. The Morgan fingerprint density at radius 1 is 1.18 bits per heavy atom. The molecule has 0 unspecified atom stereocenters. The number of amides is 1. The van der Waals surface area contributed by atoms with E-state index in [9.17, 15) is 4.79 Å². The van der Waals surface area contributed by atoms with Gasteiger partial charge in [-0.3, -0.25) is 4.79 Å². The van der Waals surface area contributed by atoms with Gasteiger partial charge in [-0.05, 0) is 29.8 Å². The zero-order valence-electron chi connectivity index (χ0n) is 11.8. The summed E-state index contributed by atoms with van der Waals surface area (Å²) in [5.74, 6) is 0.131. The number of hydrogen-bond donors (Lipinski definition) is 2. The van der Waals surface area contributed by atoms with Crippen LogP contribution in [0.1, 0.15) is 11.1 Å². The summed E-state index contributed by atoms with van der Waals surface area (Å²) in [7, 11) is 0. The van der Waals surface area contributed by atoms with Crippen molar-refractivity contribution in [1.29, 1.82) is 0 Å². The molecular weight excluding hydrogens is 368 g/mol. The van der Waals surface area contributed by atoms with Gasteiger partial charge in [0, 0.05) is 28.1 Å². The van der Waals surface area contributed by atoms with Gasteiger partial charge < -0.3 is 15.8 Å². The van der Waals surface area contributed by atoms with Crippen LogP contribution in [0.5, 0.6) is 5.75 Å². The topological polar surface area (TPSA) is 64.4 Å². The van der Waals surface area contributed by atoms with Crippen LogP contribution < -0.4 is 15.8 Å². The molecule has 0 aliphatic rings. The normalized spacial score (nSPS) is 10.5. The first-order valence-corrected chi connectivity index (χ1v) is 7.87. The summed E-state index contributed by atoms with van der Waals surface area (Å²) in [5.41, 5.74) is 7.07. The third kappa shape index (κ3) is 5.02. The lowest BCUT2D eigenvalue weighted by Crippen LogP contribution is -2.21. The lowest BCUT2D eigenvalue weighted by Gasteiger charge is -2.12. The molecule has 2 rings (SSSR count).